The van der Waals surface area contributed by atoms with Gasteiger partial charge in [-0.1, -0.05) is 12.1 Å². The topological polar surface area (TPSA) is 76.5 Å². The number of aromatic nitrogens is 2. The van der Waals surface area contributed by atoms with Crippen LogP contribution >= 0.6 is 0 Å². The number of ether oxygens (including phenoxy) is 1. The average Bonchev–Trinajstić information content (AvgIpc) is 3.38. The highest BCUT2D eigenvalue weighted by molar-refractivity contribution is 6.00. The molecule has 1 aliphatic rings. The third-order valence-corrected chi connectivity index (χ3v) is 4.80. The van der Waals surface area contributed by atoms with Crippen molar-refractivity contribution in [1.82, 2.24) is 15.1 Å². The molecule has 29 heavy (non-hydrogen) atoms. The molecule has 2 heterocycles. The molecule has 1 fully saturated rings. The van der Waals surface area contributed by atoms with Gasteiger partial charge in [0, 0.05) is 30.9 Å². The van der Waals surface area contributed by atoms with E-state index < -0.39 is 5.82 Å². The van der Waals surface area contributed by atoms with Crippen LogP contribution in [0.15, 0.2) is 60.9 Å². The number of anilines is 1. The van der Waals surface area contributed by atoms with Gasteiger partial charge in [0.2, 0.25) is 5.91 Å². The van der Waals surface area contributed by atoms with Gasteiger partial charge in [0.25, 0.3) is 5.91 Å². The smallest absolute Gasteiger partial charge is 0.251 e. The number of amides is 2. The molecule has 2 aromatic carbocycles. The maximum absolute atomic E-state index is 14.1. The summed E-state index contributed by atoms with van der Waals surface area (Å²) in [5, 5.41) is 6.86. The molecular formula is C21H19FN4O3. The van der Waals surface area contributed by atoms with E-state index in [0.29, 0.717) is 23.5 Å². The Bertz CT molecular complexity index is 1050. The van der Waals surface area contributed by atoms with Crippen LogP contribution in [-0.4, -0.2) is 41.3 Å². The zero-order valence-corrected chi connectivity index (χ0v) is 15.7. The first kappa shape index (κ1) is 18.7. The number of halogens is 1. The SMILES string of the molecule is COc1ccccc1N1CC(NC(=O)c2ccc(F)c(-n3cccn3)c2)CC1=O. The van der Waals surface area contributed by atoms with Crippen molar-refractivity contribution in [3.63, 3.8) is 0 Å². The van der Waals surface area contributed by atoms with E-state index in [4.69, 9.17) is 4.74 Å². The van der Waals surface area contributed by atoms with E-state index >= 15 is 0 Å². The van der Waals surface area contributed by atoms with Crippen molar-refractivity contribution in [3.8, 4) is 11.4 Å². The van der Waals surface area contributed by atoms with Crippen LogP contribution in [0.5, 0.6) is 5.75 Å². The van der Waals surface area contributed by atoms with Gasteiger partial charge in [-0.2, -0.15) is 5.10 Å². The summed E-state index contributed by atoms with van der Waals surface area (Å²) in [4.78, 5) is 26.8. The maximum Gasteiger partial charge on any atom is 0.251 e. The molecule has 1 saturated heterocycles. The molecule has 0 bridgehead atoms. The average molecular weight is 394 g/mol. The van der Waals surface area contributed by atoms with Crippen LogP contribution in [0.2, 0.25) is 0 Å². The normalized spacial score (nSPS) is 16.1. The summed E-state index contributed by atoms with van der Waals surface area (Å²) in [6.07, 6.45) is 3.31. The fraction of sp³-hybridized carbons (Fsp3) is 0.190. The fourth-order valence-electron chi connectivity index (χ4n) is 3.40. The van der Waals surface area contributed by atoms with E-state index in [1.807, 2.05) is 12.1 Å². The highest BCUT2D eigenvalue weighted by atomic mass is 19.1. The number of nitrogens with one attached hydrogen (secondary N) is 1. The van der Waals surface area contributed by atoms with Gasteiger partial charge in [0.1, 0.15) is 17.3 Å². The summed E-state index contributed by atoms with van der Waals surface area (Å²) >= 11 is 0. The number of para-hydroxylation sites is 2. The molecule has 0 saturated carbocycles. The van der Waals surface area contributed by atoms with E-state index in [1.54, 1.807) is 36.4 Å². The summed E-state index contributed by atoms with van der Waals surface area (Å²) in [5.41, 5.74) is 1.14. The molecule has 4 rings (SSSR count). The molecule has 2 amide bonds. The Hall–Kier alpha value is -3.68. The summed E-state index contributed by atoms with van der Waals surface area (Å²) in [6, 6.07) is 12.6. The minimum atomic E-state index is -0.483. The van der Waals surface area contributed by atoms with Crippen LogP contribution in [0, 0.1) is 5.82 Å². The van der Waals surface area contributed by atoms with Gasteiger partial charge in [-0.05, 0) is 36.4 Å². The van der Waals surface area contributed by atoms with E-state index in [0.717, 1.165) is 0 Å². The van der Waals surface area contributed by atoms with Crippen LogP contribution in [0.3, 0.4) is 0 Å². The van der Waals surface area contributed by atoms with E-state index in [-0.39, 0.29) is 30.0 Å². The van der Waals surface area contributed by atoms with Crippen molar-refractivity contribution in [2.24, 2.45) is 0 Å². The molecule has 3 aromatic rings. The number of methoxy groups -OCH3 is 1. The summed E-state index contributed by atoms with van der Waals surface area (Å²) < 4.78 is 20.8. The summed E-state index contributed by atoms with van der Waals surface area (Å²) in [7, 11) is 1.55. The predicted octanol–water partition coefficient (Wildman–Crippen LogP) is 2.56. The summed E-state index contributed by atoms with van der Waals surface area (Å²) in [5.74, 6) is -0.368. The largest absolute Gasteiger partial charge is 0.495 e. The van der Waals surface area contributed by atoms with Crippen molar-refractivity contribution >= 4 is 17.5 Å². The molecule has 1 aliphatic heterocycles. The number of carbonyl (C=O) groups excluding carboxylic acids is 2. The quantitative estimate of drug-likeness (QED) is 0.722. The van der Waals surface area contributed by atoms with Gasteiger partial charge in [-0.25, -0.2) is 9.07 Å². The van der Waals surface area contributed by atoms with Crippen molar-refractivity contribution in [1.29, 1.82) is 0 Å². The lowest BCUT2D eigenvalue weighted by atomic mass is 10.1. The first-order valence-electron chi connectivity index (χ1n) is 9.10. The molecule has 148 valence electrons. The highest BCUT2D eigenvalue weighted by Gasteiger charge is 2.33. The second-order valence-electron chi connectivity index (χ2n) is 6.67. The van der Waals surface area contributed by atoms with Crippen LogP contribution in [0.25, 0.3) is 5.69 Å². The van der Waals surface area contributed by atoms with Gasteiger partial charge in [0.05, 0.1) is 18.8 Å². The first-order chi connectivity index (χ1) is 14.1. The van der Waals surface area contributed by atoms with Crippen molar-refractivity contribution in [3.05, 3.63) is 72.3 Å². The number of hydrogen-bond acceptors (Lipinski definition) is 4. The first-order valence-corrected chi connectivity index (χ1v) is 9.10. The third kappa shape index (κ3) is 3.69. The van der Waals surface area contributed by atoms with Crippen LogP contribution in [0.4, 0.5) is 10.1 Å². The molecule has 0 spiro atoms. The van der Waals surface area contributed by atoms with Gasteiger partial charge >= 0.3 is 0 Å². The second kappa shape index (κ2) is 7.75. The molecule has 8 heteroatoms. The molecule has 1 unspecified atom stereocenters. The Balaban J connectivity index is 1.50. The lowest BCUT2D eigenvalue weighted by Gasteiger charge is -2.19. The fourth-order valence-corrected chi connectivity index (χ4v) is 3.40. The van der Waals surface area contributed by atoms with Crippen molar-refractivity contribution in [2.45, 2.75) is 12.5 Å². The molecule has 7 nitrogen and oxygen atoms in total. The Morgan fingerprint density at radius 2 is 2.03 bits per heavy atom. The molecule has 1 N–H and O–H groups in total. The van der Waals surface area contributed by atoms with Gasteiger partial charge < -0.3 is 15.0 Å². The van der Waals surface area contributed by atoms with Gasteiger partial charge in [0.15, 0.2) is 0 Å². The lowest BCUT2D eigenvalue weighted by Crippen LogP contribution is -2.37. The predicted molar refractivity (Wildman–Crippen MR) is 105 cm³/mol. The number of nitrogens with zero attached hydrogens (tertiary/aromatic N) is 3. The van der Waals surface area contributed by atoms with Crippen LogP contribution < -0.4 is 15.0 Å². The second-order valence-corrected chi connectivity index (χ2v) is 6.67. The standard InChI is InChI=1S/C21H19FN4O3/c1-29-19-6-3-2-5-17(19)25-13-15(12-20(25)27)24-21(28)14-7-8-16(22)18(11-14)26-10-4-9-23-26/h2-11,15H,12-13H2,1H3,(H,24,28). The molecule has 1 atom stereocenters. The minimum absolute atomic E-state index is 0.101. The number of benzene rings is 2. The molecule has 1 aromatic heterocycles. The number of rotatable bonds is 5. The Morgan fingerprint density at radius 3 is 2.79 bits per heavy atom. The molecule has 0 radical (unpaired) electrons. The minimum Gasteiger partial charge on any atom is -0.495 e. The number of hydrogen-bond donors (Lipinski definition) is 1. The van der Waals surface area contributed by atoms with Gasteiger partial charge in [-0.3, -0.25) is 9.59 Å². The maximum atomic E-state index is 14.1. The number of carbonyl (C=O) groups is 2. The highest BCUT2D eigenvalue weighted by Crippen LogP contribution is 2.31. The van der Waals surface area contributed by atoms with E-state index in [2.05, 4.69) is 10.4 Å². The summed E-state index contributed by atoms with van der Waals surface area (Å²) in [6.45, 7) is 0.332. The monoisotopic (exact) mass is 394 g/mol. The van der Waals surface area contributed by atoms with Crippen molar-refractivity contribution in [2.75, 3.05) is 18.6 Å². The Labute approximate surface area is 166 Å². The lowest BCUT2D eigenvalue weighted by molar-refractivity contribution is -0.117. The third-order valence-electron chi connectivity index (χ3n) is 4.80. The zero-order chi connectivity index (χ0) is 20.4. The van der Waals surface area contributed by atoms with Gasteiger partial charge in [-0.15, -0.1) is 0 Å². The van der Waals surface area contributed by atoms with Crippen LogP contribution in [0.1, 0.15) is 16.8 Å². The Morgan fingerprint density at radius 1 is 1.21 bits per heavy atom. The zero-order valence-electron chi connectivity index (χ0n) is 15.7. The Kier molecular flexibility index (Phi) is 4.99. The van der Waals surface area contributed by atoms with E-state index in [9.17, 15) is 14.0 Å². The van der Waals surface area contributed by atoms with Crippen LogP contribution in [-0.2, 0) is 4.79 Å². The van der Waals surface area contributed by atoms with Crippen molar-refractivity contribution < 1.29 is 18.7 Å². The van der Waals surface area contributed by atoms with E-state index in [1.165, 1.54) is 29.1 Å². The molecular weight excluding hydrogens is 375 g/mol. The molecule has 0 aliphatic carbocycles.